The molecule has 0 saturated heterocycles. The summed E-state index contributed by atoms with van der Waals surface area (Å²) in [5, 5.41) is 7.92. The number of hydrogen-bond acceptors (Lipinski definition) is 8. The molecule has 1 saturated carbocycles. The lowest BCUT2D eigenvalue weighted by Crippen LogP contribution is -2.41. The lowest BCUT2D eigenvalue weighted by molar-refractivity contribution is -0.120. The summed E-state index contributed by atoms with van der Waals surface area (Å²) >= 11 is 1.26. The molecular formula is C30H29N5O5S. The first-order valence-corrected chi connectivity index (χ1v) is 13.9. The van der Waals surface area contributed by atoms with Crippen molar-refractivity contribution in [3.63, 3.8) is 0 Å². The predicted octanol–water partition coefficient (Wildman–Crippen LogP) is 5.02. The highest BCUT2D eigenvalue weighted by Gasteiger charge is 2.29. The predicted molar refractivity (Wildman–Crippen MR) is 154 cm³/mol. The molecule has 2 aromatic heterocycles. The van der Waals surface area contributed by atoms with E-state index < -0.39 is 18.2 Å². The number of thiazole rings is 1. The Morgan fingerprint density at radius 1 is 1.02 bits per heavy atom. The van der Waals surface area contributed by atoms with Crippen molar-refractivity contribution in [1.29, 1.82) is 0 Å². The van der Waals surface area contributed by atoms with E-state index in [-0.39, 0.29) is 25.1 Å². The van der Waals surface area contributed by atoms with E-state index in [0.717, 1.165) is 24.0 Å². The summed E-state index contributed by atoms with van der Waals surface area (Å²) in [6.45, 7) is -0.296. The lowest BCUT2D eigenvalue weighted by Gasteiger charge is -2.29. The number of ether oxygens (including phenoxy) is 2. The van der Waals surface area contributed by atoms with Crippen LogP contribution in [0.15, 0.2) is 84.5 Å². The highest BCUT2D eigenvalue weighted by molar-refractivity contribution is 7.14. The number of methoxy groups -OCH3 is 1. The molecule has 1 atom stereocenters. The molecule has 1 unspecified atom stereocenters. The van der Waals surface area contributed by atoms with Gasteiger partial charge in [-0.3, -0.25) is 19.5 Å². The third-order valence-corrected chi connectivity index (χ3v) is 7.11. The molecule has 210 valence electrons. The molecule has 0 spiro atoms. The molecule has 2 heterocycles. The topological polar surface area (TPSA) is 123 Å². The molecule has 11 heteroatoms. The molecule has 1 aliphatic carbocycles. The van der Waals surface area contributed by atoms with E-state index in [0.29, 0.717) is 22.0 Å². The molecule has 41 heavy (non-hydrogen) atoms. The maximum absolute atomic E-state index is 13.2. The van der Waals surface area contributed by atoms with E-state index in [4.69, 9.17) is 9.47 Å². The van der Waals surface area contributed by atoms with E-state index in [2.05, 4.69) is 20.6 Å². The first-order valence-electron chi connectivity index (χ1n) is 13.1. The summed E-state index contributed by atoms with van der Waals surface area (Å²) < 4.78 is 11.1. The van der Waals surface area contributed by atoms with Gasteiger partial charge in [-0.25, -0.2) is 9.78 Å². The Kier molecular flexibility index (Phi) is 8.97. The average Bonchev–Trinajstić information content (AvgIpc) is 3.70. The van der Waals surface area contributed by atoms with Gasteiger partial charge in [-0.05, 0) is 42.7 Å². The van der Waals surface area contributed by atoms with Crippen LogP contribution in [0.2, 0.25) is 0 Å². The maximum atomic E-state index is 13.2. The van der Waals surface area contributed by atoms with Gasteiger partial charge in [-0.2, -0.15) is 0 Å². The Morgan fingerprint density at radius 3 is 2.44 bits per heavy atom. The zero-order valence-electron chi connectivity index (χ0n) is 22.4. The molecule has 5 rings (SSSR count). The van der Waals surface area contributed by atoms with E-state index in [1.807, 2.05) is 47.8 Å². The molecule has 3 amide bonds. The fraction of sp³-hybridized carbons (Fsp3) is 0.233. The van der Waals surface area contributed by atoms with Crippen LogP contribution in [0.5, 0.6) is 0 Å². The highest BCUT2D eigenvalue weighted by Crippen LogP contribution is 2.27. The molecular weight excluding hydrogens is 542 g/mol. The number of pyridine rings is 1. The minimum Gasteiger partial charge on any atom is -0.444 e. The first kappa shape index (κ1) is 27.9. The third kappa shape index (κ3) is 7.53. The highest BCUT2D eigenvalue weighted by atomic mass is 32.1. The van der Waals surface area contributed by atoms with Gasteiger partial charge in [0.2, 0.25) is 5.91 Å². The van der Waals surface area contributed by atoms with Gasteiger partial charge in [0, 0.05) is 47.6 Å². The largest absolute Gasteiger partial charge is 0.444 e. The van der Waals surface area contributed by atoms with Crippen LogP contribution < -0.4 is 10.6 Å². The fourth-order valence-electron chi connectivity index (χ4n) is 4.08. The van der Waals surface area contributed by atoms with Crippen molar-refractivity contribution in [2.24, 2.45) is 0 Å². The second kappa shape index (κ2) is 13.2. The van der Waals surface area contributed by atoms with Crippen molar-refractivity contribution < 1.29 is 23.9 Å². The summed E-state index contributed by atoms with van der Waals surface area (Å²) in [6.07, 6.45) is 3.63. The van der Waals surface area contributed by atoms with E-state index >= 15 is 0 Å². The molecule has 0 aliphatic heterocycles. The number of carbonyl (C=O) groups is 3. The van der Waals surface area contributed by atoms with Crippen molar-refractivity contribution in [2.45, 2.75) is 31.7 Å². The Balaban J connectivity index is 1.25. The van der Waals surface area contributed by atoms with Crippen molar-refractivity contribution in [3.05, 3.63) is 101 Å². The maximum Gasteiger partial charge on any atom is 0.412 e. The quantitative estimate of drug-likeness (QED) is 0.242. The van der Waals surface area contributed by atoms with Gasteiger partial charge in [0.25, 0.3) is 5.91 Å². The van der Waals surface area contributed by atoms with Crippen LogP contribution in [0.4, 0.5) is 9.93 Å². The molecule has 1 fully saturated rings. The number of benzene rings is 2. The van der Waals surface area contributed by atoms with Crippen LogP contribution in [-0.2, 0) is 20.9 Å². The normalized spacial score (nSPS) is 13.2. The minimum absolute atomic E-state index is 0.0431. The number of nitrogens with one attached hydrogen (secondary N) is 2. The Bertz CT molecular complexity index is 1480. The molecule has 2 aromatic carbocycles. The molecule has 1 aliphatic rings. The van der Waals surface area contributed by atoms with Crippen molar-refractivity contribution in [2.75, 3.05) is 19.0 Å². The van der Waals surface area contributed by atoms with E-state index in [1.54, 1.807) is 36.7 Å². The number of anilines is 1. The summed E-state index contributed by atoms with van der Waals surface area (Å²) in [5.41, 5.74) is 3.51. The number of amides is 3. The number of carbonyl (C=O) groups excluding carboxylic acids is 3. The Hall–Kier alpha value is -4.61. The van der Waals surface area contributed by atoms with Crippen LogP contribution in [0.25, 0.3) is 11.3 Å². The minimum atomic E-state index is -0.880. The number of rotatable bonds is 11. The van der Waals surface area contributed by atoms with Gasteiger partial charge in [-0.1, -0.05) is 42.5 Å². The third-order valence-electron chi connectivity index (χ3n) is 6.36. The summed E-state index contributed by atoms with van der Waals surface area (Å²) in [7, 11) is 1.45. The van der Waals surface area contributed by atoms with E-state index in [9.17, 15) is 14.4 Å². The summed E-state index contributed by atoms with van der Waals surface area (Å²) in [4.78, 5) is 48.3. The zero-order chi connectivity index (χ0) is 28.6. The van der Waals surface area contributed by atoms with Crippen LogP contribution in [0.1, 0.15) is 40.6 Å². The second-order valence-electron chi connectivity index (χ2n) is 9.45. The van der Waals surface area contributed by atoms with Crippen molar-refractivity contribution >= 4 is 34.4 Å². The monoisotopic (exact) mass is 571 g/mol. The van der Waals surface area contributed by atoms with Crippen LogP contribution in [-0.4, -0.2) is 52.5 Å². The molecule has 0 bridgehead atoms. The number of aromatic nitrogens is 2. The molecule has 4 aromatic rings. The van der Waals surface area contributed by atoms with Crippen LogP contribution in [0, 0.1) is 0 Å². The average molecular weight is 572 g/mol. The smallest absolute Gasteiger partial charge is 0.412 e. The number of hydrogen-bond donors (Lipinski definition) is 2. The summed E-state index contributed by atoms with van der Waals surface area (Å²) in [6, 6.07) is 20.1. The van der Waals surface area contributed by atoms with Gasteiger partial charge >= 0.3 is 6.09 Å². The lowest BCUT2D eigenvalue weighted by atomic mass is 10.1. The molecule has 0 radical (unpaired) electrons. The van der Waals surface area contributed by atoms with Crippen LogP contribution >= 0.6 is 11.3 Å². The van der Waals surface area contributed by atoms with Crippen LogP contribution in [0.3, 0.4) is 0 Å². The van der Waals surface area contributed by atoms with Crippen molar-refractivity contribution in [3.8, 4) is 11.3 Å². The van der Waals surface area contributed by atoms with E-state index in [1.165, 1.54) is 23.3 Å². The Labute approximate surface area is 241 Å². The first-order chi connectivity index (χ1) is 20.0. The summed E-state index contributed by atoms with van der Waals surface area (Å²) in [5.74, 6) is -0.552. The van der Waals surface area contributed by atoms with Gasteiger partial charge in [0.05, 0.1) is 5.69 Å². The van der Waals surface area contributed by atoms with Gasteiger partial charge in [0.1, 0.15) is 13.2 Å². The second-order valence-corrected chi connectivity index (χ2v) is 10.3. The SMILES string of the molecule is COC(c1ccncc1)N(CC(=O)Nc1nc(-c2ccc(C(=O)NC3CC3)cc2)cs1)C(=O)OCc1ccccc1. The van der Waals surface area contributed by atoms with Gasteiger partial charge in [0.15, 0.2) is 11.4 Å². The Morgan fingerprint density at radius 2 is 1.76 bits per heavy atom. The van der Waals surface area contributed by atoms with Gasteiger partial charge in [-0.15, -0.1) is 11.3 Å². The zero-order valence-corrected chi connectivity index (χ0v) is 23.2. The fourth-order valence-corrected chi connectivity index (χ4v) is 4.82. The molecule has 10 nitrogen and oxygen atoms in total. The van der Waals surface area contributed by atoms with Crippen molar-refractivity contribution in [1.82, 2.24) is 20.2 Å². The molecule has 2 N–H and O–H groups in total. The number of nitrogens with zero attached hydrogens (tertiary/aromatic N) is 3. The standard InChI is InChI=1S/C30H29N5O5S/c1-39-28(23-13-15-31-16-14-23)35(30(38)40-18-20-5-3-2-4-6-20)17-26(36)34-29-33-25(19-41-29)21-7-9-22(10-8-21)27(37)32-24-11-12-24/h2-10,13-16,19,24,28H,11-12,17-18H2,1H3,(H,32,37)(H,33,34,36). The van der Waals surface area contributed by atoms with Gasteiger partial charge < -0.3 is 20.1 Å².